The molecule has 0 radical (unpaired) electrons. The van der Waals surface area contributed by atoms with Gasteiger partial charge in [-0.2, -0.15) is 9.97 Å². The van der Waals surface area contributed by atoms with Crippen LogP contribution in [0.3, 0.4) is 0 Å². The summed E-state index contributed by atoms with van der Waals surface area (Å²) in [7, 11) is 0. The Morgan fingerprint density at radius 3 is 2.64 bits per heavy atom. The van der Waals surface area contributed by atoms with Gasteiger partial charge in [-0.05, 0) is 13.8 Å². The second kappa shape index (κ2) is 6.71. The summed E-state index contributed by atoms with van der Waals surface area (Å²) < 4.78 is 5.63. The number of nitrogens with zero attached hydrogens (tertiary/aromatic N) is 4. The van der Waals surface area contributed by atoms with Crippen LogP contribution in [0.15, 0.2) is 0 Å². The van der Waals surface area contributed by atoms with E-state index in [1.807, 2.05) is 13.8 Å². The Labute approximate surface area is 127 Å². The predicted octanol–water partition coefficient (Wildman–Crippen LogP) is -0.0152. The lowest BCUT2D eigenvalue weighted by Crippen LogP contribution is -2.46. The smallest absolute Gasteiger partial charge is 0.353 e. The van der Waals surface area contributed by atoms with Gasteiger partial charge in [-0.15, -0.1) is 0 Å². The third kappa shape index (κ3) is 3.52. The van der Waals surface area contributed by atoms with Crippen LogP contribution >= 0.6 is 0 Å². The molecule has 122 valence electrons. The van der Waals surface area contributed by atoms with Gasteiger partial charge in [-0.1, -0.05) is 0 Å². The molecule has 2 atom stereocenters. The molecule has 2 rings (SSSR count). The molecule has 1 saturated heterocycles. The van der Waals surface area contributed by atoms with Crippen molar-refractivity contribution in [2.75, 3.05) is 42.2 Å². The maximum atomic E-state index is 11.3. The second-order valence-corrected chi connectivity index (χ2v) is 5.17. The second-order valence-electron chi connectivity index (χ2n) is 5.17. The average Bonchev–Trinajstić information content (AvgIpc) is 2.42. The maximum Gasteiger partial charge on any atom is 0.353 e. The Morgan fingerprint density at radius 2 is 2.09 bits per heavy atom. The third-order valence-corrected chi connectivity index (χ3v) is 3.19. The Hall–Kier alpha value is -2.20. The lowest BCUT2D eigenvalue weighted by Gasteiger charge is -2.35. The van der Waals surface area contributed by atoms with E-state index < -0.39 is 4.92 Å². The van der Waals surface area contributed by atoms with E-state index in [4.69, 9.17) is 15.6 Å². The van der Waals surface area contributed by atoms with E-state index in [0.29, 0.717) is 13.1 Å². The molecule has 22 heavy (non-hydrogen) atoms. The molecule has 1 aliphatic rings. The molecule has 0 spiro atoms. The van der Waals surface area contributed by atoms with Gasteiger partial charge in [0.25, 0.3) is 0 Å². The van der Waals surface area contributed by atoms with Crippen LogP contribution in [-0.2, 0) is 4.74 Å². The Balaban J connectivity index is 2.41. The normalized spacial score (nSPS) is 21.7. The highest BCUT2D eigenvalue weighted by Gasteiger charge is 2.31. The molecule has 0 amide bonds. The monoisotopic (exact) mass is 312 g/mol. The molecule has 10 nitrogen and oxygen atoms in total. The molecular weight excluding hydrogens is 292 g/mol. The maximum absolute atomic E-state index is 11.3. The van der Waals surface area contributed by atoms with E-state index in [9.17, 15) is 10.1 Å². The zero-order valence-electron chi connectivity index (χ0n) is 12.5. The number of rotatable bonds is 5. The van der Waals surface area contributed by atoms with E-state index in [-0.39, 0.29) is 48.6 Å². The standard InChI is InChI=1S/C12H20N6O4/c1-7-5-17(6-8(2)22-7)11-9(18(20)21)10(13)15-12(16-11)14-3-4-19/h7-8,19H,3-6H2,1-2H3,(H3,13,14,15,16)/t7-,8-/m1/s1. The number of hydrogen-bond donors (Lipinski definition) is 3. The molecule has 1 fully saturated rings. The highest BCUT2D eigenvalue weighted by molar-refractivity contribution is 5.71. The zero-order chi connectivity index (χ0) is 16.3. The van der Waals surface area contributed by atoms with Crippen LogP contribution in [-0.4, -0.2) is 58.4 Å². The van der Waals surface area contributed by atoms with Crippen molar-refractivity contribution in [2.45, 2.75) is 26.1 Å². The predicted molar refractivity (Wildman–Crippen MR) is 80.9 cm³/mol. The van der Waals surface area contributed by atoms with Crippen molar-refractivity contribution in [3.8, 4) is 0 Å². The van der Waals surface area contributed by atoms with Crippen molar-refractivity contribution in [1.82, 2.24) is 9.97 Å². The van der Waals surface area contributed by atoms with E-state index in [1.54, 1.807) is 4.90 Å². The molecule has 10 heteroatoms. The first kappa shape index (κ1) is 16.2. The van der Waals surface area contributed by atoms with Crippen LogP contribution in [0.2, 0.25) is 0 Å². The van der Waals surface area contributed by atoms with Crippen molar-refractivity contribution in [2.24, 2.45) is 0 Å². The number of aliphatic hydroxyl groups excluding tert-OH is 1. The Morgan fingerprint density at radius 1 is 1.45 bits per heavy atom. The van der Waals surface area contributed by atoms with Gasteiger partial charge in [0.2, 0.25) is 17.6 Å². The number of aromatic nitrogens is 2. The van der Waals surface area contributed by atoms with Gasteiger partial charge in [0.15, 0.2) is 0 Å². The number of nitro groups is 1. The van der Waals surface area contributed by atoms with Crippen LogP contribution in [0, 0.1) is 10.1 Å². The third-order valence-electron chi connectivity index (χ3n) is 3.19. The van der Waals surface area contributed by atoms with Crippen molar-refractivity contribution >= 4 is 23.3 Å². The highest BCUT2D eigenvalue weighted by atomic mass is 16.6. The fourth-order valence-electron chi connectivity index (χ4n) is 2.45. The zero-order valence-corrected chi connectivity index (χ0v) is 12.5. The number of hydrogen-bond acceptors (Lipinski definition) is 9. The van der Waals surface area contributed by atoms with E-state index in [2.05, 4.69) is 15.3 Å². The lowest BCUT2D eigenvalue weighted by atomic mass is 10.2. The minimum Gasteiger partial charge on any atom is -0.395 e. The molecule has 4 N–H and O–H groups in total. The fourth-order valence-corrected chi connectivity index (χ4v) is 2.45. The molecule has 1 aromatic heterocycles. The molecule has 1 aliphatic heterocycles. The van der Waals surface area contributed by atoms with Crippen LogP contribution < -0.4 is 16.0 Å². The topological polar surface area (TPSA) is 140 Å². The van der Waals surface area contributed by atoms with Gasteiger partial charge < -0.3 is 25.8 Å². The van der Waals surface area contributed by atoms with Crippen LogP contribution in [0.25, 0.3) is 0 Å². The summed E-state index contributed by atoms with van der Waals surface area (Å²) in [5.74, 6) is 0.112. The van der Waals surface area contributed by atoms with E-state index in [0.717, 1.165) is 0 Å². The number of ether oxygens (including phenoxy) is 1. The van der Waals surface area contributed by atoms with Gasteiger partial charge in [0.1, 0.15) is 0 Å². The quantitative estimate of drug-likeness (QED) is 0.505. The number of nitrogen functional groups attached to an aromatic ring is 1. The summed E-state index contributed by atoms with van der Waals surface area (Å²) in [6.07, 6.45) is -0.151. The van der Waals surface area contributed by atoms with E-state index >= 15 is 0 Å². The Kier molecular flexibility index (Phi) is 4.93. The van der Waals surface area contributed by atoms with Crippen LogP contribution in [0.1, 0.15) is 13.8 Å². The molecular formula is C12H20N6O4. The van der Waals surface area contributed by atoms with Gasteiger partial charge in [-0.3, -0.25) is 10.1 Å². The number of nitrogens with two attached hydrogens (primary N) is 1. The van der Waals surface area contributed by atoms with Crippen LogP contribution in [0.4, 0.5) is 23.3 Å². The van der Waals surface area contributed by atoms with Gasteiger partial charge in [0, 0.05) is 19.6 Å². The molecule has 0 bridgehead atoms. The number of aliphatic hydroxyl groups is 1. The van der Waals surface area contributed by atoms with Crippen molar-refractivity contribution < 1.29 is 14.8 Å². The summed E-state index contributed by atoms with van der Waals surface area (Å²) in [5.41, 5.74) is 5.41. The summed E-state index contributed by atoms with van der Waals surface area (Å²) in [5, 5.41) is 22.9. The first-order valence-electron chi connectivity index (χ1n) is 6.99. The first-order chi connectivity index (χ1) is 10.4. The Bertz CT molecular complexity index is 545. The van der Waals surface area contributed by atoms with Crippen LogP contribution in [0.5, 0.6) is 0 Å². The largest absolute Gasteiger partial charge is 0.395 e. The molecule has 0 unspecified atom stereocenters. The van der Waals surface area contributed by atoms with E-state index in [1.165, 1.54) is 0 Å². The number of anilines is 3. The summed E-state index contributed by atoms with van der Waals surface area (Å²) >= 11 is 0. The minimum absolute atomic E-state index is 0.0756. The lowest BCUT2D eigenvalue weighted by molar-refractivity contribution is -0.383. The van der Waals surface area contributed by atoms with Crippen molar-refractivity contribution in [3.05, 3.63) is 10.1 Å². The molecule has 0 saturated carbocycles. The molecule has 0 aromatic carbocycles. The molecule has 1 aromatic rings. The first-order valence-corrected chi connectivity index (χ1v) is 6.99. The summed E-state index contributed by atoms with van der Waals surface area (Å²) in [6.45, 7) is 4.85. The van der Waals surface area contributed by atoms with Gasteiger partial charge in [-0.25, -0.2) is 0 Å². The summed E-state index contributed by atoms with van der Waals surface area (Å²) in [6, 6.07) is 0. The van der Waals surface area contributed by atoms with Crippen molar-refractivity contribution in [3.63, 3.8) is 0 Å². The average molecular weight is 312 g/mol. The highest BCUT2D eigenvalue weighted by Crippen LogP contribution is 2.33. The SMILES string of the molecule is C[C@@H]1CN(c2nc(NCCO)nc(N)c2[N+](=O)[O-])C[C@@H](C)O1. The minimum atomic E-state index is -0.578. The number of nitrogens with one attached hydrogen (secondary N) is 1. The van der Waals surface area contributed by atoms with Crippen molar-refractivity contribution in [1.29, 1.82) is 0 Å². The van der Waals surface area contributed by atoms with Gasteiger partial charge in [0.05, 0.1) is 23.7 Å². The van der Waals surface area contributed by atoms with Gasteiger partial charge >= 0.3 is 5.69 Å². The molecule has 2 heterocycles. The summed E-state index contributed by atoms with van der Waals surface area (Å²) in [4.78, 5) is 20.6. The molecule has 0 aliphatic carbocycles. The number of morpholine rings is 1. The fraction of sp³-hybridized carbons (Fsp3) is 0.667.